The van der Waals surface area contributed by atoms with Crippen molar-refractivity contribution in [2.75, 3.05) is 5.32 Å². The SMILES string of the molecule is Cc1ccc2nc(CNc3ncc(C)c(-c4cnn(C)c4)n3)cn2c1. The summed E-state index contributed by atoms with van der Waals surface area (Å²) in [6, 6.07) is 4.07. The third-order valence-corrected chi connectivity index (χ3v) is 4.03. The summed E-state index contributed by atoms with van der Waals surface area (Å²) in [4.78, 5) is 13.6. The molecule has 0 atom stereocenters. The van der Waals surface area contributed by atoms with E-state index in [1.807, 2.05) is 49.2 Å². The molecule has 0 saturated heterocycles. The Bertz CT molecular complexity index is 1040. The average Bonchev–Trinajstić information content (AvgIpc) is 3.19. The van der Waals surface area contributed by atoms with Crippen molar-refractivity contribution in [1.82, 2.24) is 29.1 Å². The topological polar surface area (TPSA) is 72.9 Å². The number of fused-ring (bicyclic) bond motifs is 1. The summed E-state index contributed by atoms with van der Waals surface area (Å²) in [5.74, 6) is 0.581. The highest BCUT2D eigenvalue weighted by molar-refractivity contribution is 5.62. The maximum Gasteiger partial charge on any atom is 0.223 e. The van der Waals surface area contributed by atoms with Crippen molar-refractivity contribution in [2.24, 2.45) is 7.05 Å². The molecule has 0 aliphatic carbocycles. The summed E-state index contributed by atoms with van der Waals surface area (Å²) < 4.78 is 3.80. The molecular formula is C18H19N7. The molecule has 1 N–H and O–H groups in total. The van der Waals surface area contributed by atoms with Crippen LogP contribution >= 0.6 is 0 Å². The molecule has 0 aromatic carbocycles. The molecule has 0 amide bonds. The van der Waals surface area contributed by atoms with Gasteiger partial charge in [0, 0.05) is 37.4 Å². The van der Waals surface area contributed by atoms with Gasteiger partial charge in [-0.05, 0) is 31.0 Å². The third kappa shape index (κ3) is 3.08. The van der Waals surface area contributed by atoms with E-state index in [1.54, 1.807) is 4.68 Å². The zero-order chi connectivity index (χ0) is 17.4. The van der Waals surface area contributed by atoms with Crippen LogP contribution in [0.1, 0.15) is 16.8 Å². The van der Waals surface area contributed by atoms with Crippen LogP contribution in [-0.4, -0.2) is 29.1 Å². The molecule has 4 aromatic rings. The minimum absolute atomic E-state index is 0.566. The fourth-order valence-electron chi connectivity index (χ4n) is 2.77. The van der Waals surface area contributed by atoms with E-state index < -0.39 is 0 Å². The van der Waals surface area contributed by atoms with Crippen LogP contribution in [0.5, 0.6) is 0 Å². The van der Waals surface area contributed by atoms with Crippen molar-refractivity contribution in [3.8, 4) is 11.3 Å². The van der Waals surface area contributed by atoms with Crippen LogP contribution < -0.4 is 5.32 Å². The summed E-state index contributed by atoms with van der Waals surface area (Å²) >= 11 is 0. The summed E-state index contributed by atoms with van der Waals surface area (Å²) in [5, 5.41) is 7.47. The number of rotatable bonds is 4. The van der Waals surface area contributed by atoms with Crippen LogP contribution in [0.15, 0.2) is 43.1 Å². The van der Waals surface area contributed by atoms with Crippen LogP contribution in [0.3, 0.4) is 0 Å². The van der Waals surface area contributed by atoms with Crippen LogP contribution in [0, 0.1) is 13.8 Å². The number of hydrogen-bond donors (Lipinski definition) is 1. The second-order valence-electron chi connectivity index (χ2n) is 6.19. The lowest BCUT2D eigenvalue weighted by Gasteiger charge is -2.06. The van der Waals surface area contributed by atoms with Gasteiger partial charge in [0.05, 0.1) is 24.1 Å². The van der Waals surface area contributed by atoms with Gasteiger partial charge in [0.25, 0.3) is 0 Å². The standard InChI is InChI=1S/C18H19N7/c1-12-4-5-16-22-15(11-25(16)9-12)8-20-18-19-6-13(2)17(23-18)14-7-21-24(3)10-14/h4-7,9-11H,8H2,1-3H3,(H,19,20,23). The number of nitrogens with zero attached hydrogens (tertiary/aromatic N) is 6. The fourth-order valence-corrected chi connectivity index (χ4v) is 2.77. The molecule has 7 nitrogen and oxygen atoms in total. The van der Waals surface area contributed by atoms with Crippen molar-refractivity contribution >= 4 is 11.6 Å². The maximum atomic E-state index is 4.63. The molecule has 0 spiro atoms. The Kier molecular flexibility index (Phi) is 3.68. The molecule has 0 aliphatic heterocycles. The number of aromatic nitrogens is 6. The van der Waals surface area contributed by atoms with Crippen LogP contribution in [0.2, 0.25) is 0 Å². The summed E-state index contributed by atoms with van der Waals surface area (Å²) in [5.41, 5.74) is 5.96. The highest BCUT2D eigenvalue weighted by Crippen LogP contribution is 2.21. The number of aryl methyl sites for hydroxylation is 3. The number of hydrogen-bond acceptors (Lipinski definition) is 5. The predicted molar refractivity (Wildman–Crippen MR) is 96.2 cm³/mol. The molecule has 4 aromatic heterocycles. The van der Waals surface area contributed by atoms with Gasteiger partial charge in [-0.15, -0.1) is 0 Å². The zero-order valence-corrected chi connectivity index (χ0v) is 14.4. The van der Waals surface area contributed by atoms with E-state index in [4.69, 9.17) is 0 Å². The molecule has 0 aliphatic rings. The normalized spacial score (nSPS) is 11.2. The molecule has 126 valence electrons. The second-order valence-corrected chi connectivity index (χ2v) is 6.19. The smallest absolute Gasteiger partial charge is 0.223 e. The fraction of sp³-hybridized carbons (Fsp3) is 0.222. The first-order chi connectivity index (χ1) is 12.1. The van der Waals surface area contributed by atoms with Gasteiger partial charge in [-0.25, -0.2) is 15.0 Å². The number of nitrogens with one attached hydrogen (secondary N) is 1. The molecule has 4 heterocycles. The monoisotopic (exact) mass is 333 g/mol. The Morgan fingerprint density at radius 3 is 2.72 bits per heavy atom. The second kappa shape index (κ2) is 6.01. The minimum atomic E-state index is 0.566. The zero-order valence-electron chi connectivity index (χ0n) is 14.4. The Labute approximate surface area is 145 Å². The Balaban J connectivity index is 1.56. The number of anilines is 1. The van der Waals surface area contributed by atoms with E-state index in [1.165, 1.54) is 5.56 Å². The van der Waals surface area contributed by atoms with E-state index in [0.29, 0.717) is 12.5 Å². The maximum absolute atomic E-state index is 4.63. The molecule has 0 unspecified atom stereocenters. The molecule has 7 heteroatoms. The first kappa shape index (κ1) is 15.3. The average molecular weight is 333 g/mol. The van der Waals surface area contributed by atoms with Crippen molar-refractivity contribution in [3.63, 3.8) is 0 Å². The van der Waals surface area contributed by atoms with E-state index in [-0.39, 0.29) is 0 Å². The van der Waals surface area contributed by atoms with Gasteiger partial charge in [-0.3, -0.25) is 4.68 Å². The lowest BCUT2D eigenvalue weighted by molar-refractivity contribution is 0.768. The first-order valence-electron chi connectivity index (χ1n) is 8.09. The van der Waals surface area contributed by atoms with Gasteiger partial charge in [-0.1, -0.05) is 6.07 Å². The Morgan fingerprint density at radius 1 is 1.04 bits per heavy atom. The molecule has 0 fully saturated rings. The highest BCUT2D eigenvalue weighted by atomic mass is 15.2. The van der Waals surface area contributed by atoms with Crippen molar-refractivity contribution in [2.45, 2.75) is 20.4 Å². The Hall–Kier alpha value is -3.22. The van der Waals surface area contributed by atoms with Crippen LogP contribution in [0.4, 0.5) is 5.95 Å². The quantitative estimate of drug-likeness (QED) is 0.622. The van der Waals surface area contributed by atoms with Crippen molar-refractivity contribution in [3.05, 3.63) is 59.9 Å². The summed E-state index contributed by atoms with van der Waals surface area (Å²) in [6.07, 6.45) is 9.66. The minimum Gasteiger partial charge on any atom is -0.348 e. The molecule has 0 radical (unpaired) electrons. The largest absolute Gasteiger partial charge is 0.348 e. The lowest BCUT2D eigenvalue weighted by atomic mass is 10.1. The van der Waals surface area contributed by atoms with Crippen LogP contribution in [-0.2, 0) is 13.6 Å². The van der Waals surface area contributed by atoms with Gasteiger partial charge in [0.15, 0.2) is 0 Å². The van der Waals surface area contributed by atoms with Gasteiger partial charge in [-0.2, -0.15) is 5.10 Å². The van der Waals surface area contributed by atoms with Crippen molar-refractivity contribution in [1.29, 1.82) is 0 Å². The van der Waals surface area contributed by atoms with E-state index in [0.717, 1.165) is 28.2 Å². The number of imidazole rings is 1. The molecule has 25 heavy (non-hydrogen) atoms. The van der Waals surface area contributed by atoms with Gasteiger partial charge < -0.3 is 9.72 Å². The predicted octanol–water partition coefficient (Wildman–Crippen LogP) is 2.75. The van der Waals surface area contributed by atoms with Crippen LogP contribution in [0.25, 0.3) is 16.9 Å². The molecular weight excluding hydrogens is 314 g/mol. The number of pyridine rings is 1. The molecule has 0 saturated carbocycles. The van der Waals surface area contributed by atoms with E-state index in [2.05, 4.69) is 44.6 Å². The van der Waals surface area contributed by atoms with E-state index in [9.17, 15) is 0 Å². The van der Waals surface area contributed by atoms with Gasteiger partial charge in [0.1, 0.15) is 5.65 Å². The highest BCUT2D eigenvalue weighted by Gasteiger charge is 2.09. The molecule has 4 rings (SSSR count). The Morgan fingerprint density at radius 2 is 1.92 bits per heavy atom. The van der Waals surface area contributed by atoms with Gasteiger partial charge >= 0.3 is 0 Å². The summed E-state index contributed by atoms with van der Waals surface area (Å²) in [7, 11) is 1.89. The van der Waals surface area contributed by atoms with E-state index >= 15 is 0 Å². The molecule has 0 bridgehead atoms. The third-order valence-electron chi connectivity index (χ3n) is 4.03. The lowest BCUT2D eigenvalue weighted by Crippen LogP contribution is -2.05. The van der Waals surface area contributed by atoms with Crippen molar-refractivity contribution < 1.29 is 0 Å². The summed E-state index contributed by atoms with van der Waals surface area (Å²) in [6.45, 7) is 4.63. The first-order valence-corrected chi connectivity index (χ1v) is 8.09. The van der Waals surface area contributed by atoms with Gasteiger partial charge in [0.2, 0.25) is 5.95 Å².